The summed E-state index contributed by atoms with van der Waals surface area (Å²) >= 11 is 0. The van der Waals surface area contributed by atoms with Crippen LogP contribution in [0.1, 0.15) is 30.1 Å². The SMILES string of the molecule is CC1CCCN(C(=O)c2ccc(-n3cncn3)cc2)C1. The summed E-state index contributed by atoms with van der Waals surface area (Å²) in [5.41, 5.74) is 1.65. The van der Waals surface area contributed by atoms with Crippen LogP contribution in [0.3, 0.4) is 0 Å². The second-order valence-corrected chi connectivity index (χ2v) is 5.39. The van der Waals surface area contributed by atoms with Crippen molar-refractivity contribution in [3.8, 4) is 5.69 Å². The van der Waals surface area contributed by atoms with Crippen molar-refractivity contribution in [3.63, 3.8) is 0 Å². The number of piperidine rings is 1. The van der Waals surface area contributed by atoms with Gasteiger partial charge in [-0.1, -0.05) is 6.92 Å². The molecule has 1 aliphatic heterocycles. The number of aromatic nitrogens is 3. The molecule has 5 heteroatoms. The summed E-state index contributed by atoms with van der Waals surface area (Å²) in [6.07, 6.45) is 5.45. The molecule has 1 atom stereocenters. The maximum Gasteiger partial charge on any atom is 0.253 e. The van der Waals surface area contributed by atoms with Gasteiger partial charge in [0.25, 0.3) is 5.91 Å². The summed E-state index contributed by atoms with van der Waals surface area (Å²) in [5, 5.41) is 4.07. The van der Waals surface area contributed by atoms with E-state index in [1.54, 1.807) is 11.0 Å². The molecule has 20 heavy (non-hydrogen) atoms. The van der Waals surface area contributed by atoms with E-state index in [-0.39, 0.29) is 5.91 Å². The molecule has 0 saturated carbocycles. The summed E-state index contributed by atoms with van der Waals surface area (Å²) in [4.78, 5) is 18.3. The van der Waals surface area contributed by atoms with Crippen LogP contribution >= 0.6 is 0 Å². The molecular formula is C15H18N4O. The van der Waals surface area contributed by atoms with Crippen LogP contribution in [0.15, 0.2) is 36.9 Å². The van der Waals surface area contributed by atoms with E-state index in [2.05, 4.69) is 17.0 Å². The molecule has 0 spiro atoms. The number of rotatable bonds is 2. The lowest BCUT2D eigenvalue weighted by atomic mass is 9.99. The first kappa shape index (κ1) is 12.8. The number of benzene rings is 1. The Bertz CT molecular complexity index is 576. The fourth-order valence-corrected chi connectivity index (χ4v) is 2.65. The quantitative estimate of drug-likeness (QED) is 0.840. The predicted molar refractivity (Wildman–Crippen MR) is 75.7 cm³/mol. The summed E-state index contributed by atoms with van der Waals surface area (Å²) < 4.78 is 1.68. The molecule has 1 unspecified atom stereocenters. The molecular weight excluding hydrogens is 252 g/mol. The molecule has 5 nitrogen and oxygen atoms in total. The van der Waals surface area contributed by atoms with Crippen molar-refractivity contribution in [2.45, 2.75) is 19.8 Å². The van der Waals surface area contributed by atoms with Gasteiger partial charge < -0.3 is 4.90 Å². The minimum atomic E-state index is 0.127. The van der Waals surface area contributed by atoms with Crippen LogP contribution in [0.4, 0.5) is 0 Å². The van der Waals surface area contributed by atoms with Crippen molar-refractivity contribution in [2.24, 2.45) is 5.92 Å². The van der Waals surface area contributed by atoms with Gasteiger partial charge in [0.2, 0.25) is 0 Å². The number of carbonyl (C=O) groups excluding carboxylic acids is 1. The van der Waals surface area contributed by atoms with E-state index in [9.17, 15) is 4.79 Å². The average molecular weight is 270 g/mol. The molecule has 1 fully saturated rings. The molecule has 0 aliphatic carbocycles. The zero-order valence-electron chi connectivity index (χ0n) is 11.6. The number of hydrogen-bond acceptors (Lipinski definition) is 3. The minimum Gasteiger partial charge on any atom is -0.338 e. The number of nitrogens with zero attached hydrogens (tertiary/aromatic N) is 4. The van der Waals surface area contributed by atoms with Crippen molar-refractivity contribution in [1.29, 1.82) is 0 Å². The molecule has 104 valence electrons. The van der Waals surface area contributed by atoms with E-state index < -0.39 is 0 Å². The Hall–Kier alpha value is -2.17. The van der Waals surface area contributed by atoms with E-state index in [4.69, 9.17) is 0 Å². The zero-order valence-corrected chi connectivity index (χ0v) is 11.6. The lowest BCUT2D eigenvalue weighted by molar-refractivity contribution is 0.0683. The Morgan fingerprint density at radius 2 is 2.10 bits per heavy atom. The molecule has 0 bridgehead atoms. The smallest absolute Gasteiger partial charge is 0.253 e. The van der Waals surface area contributed by atoms with Gasteiger partial charge >= 0.3 is 0 Å². The van der Waals surface area contributed by atoms with E-state index >= 15 is 0 Å². The topological polar surface area (TPSA) is 51.0 Å². The van der Waals surface area contributed by atoms with Crippen molar-refractivity contribution < 1.29 is 4.79 Å². The Morgan fingerprint density at radius 3 is 2.75 bits per heavy atom. The van der Waals surface area contributed by atoms with Gasteiger partial charge in [-0.25, -0.2) is 9.67 Å². The summed E-state index contributed by atoms with van der Waals surface area (Å²) in [5.74, 6) is 0.726. The normalized spacial score (nSPS) is 19.1. The Morgan fingerprint density at radius 1 is 1.30 bits per heavy atom. The Kier molecular flexibility index (Phi) is 3.50. The zero-order chi connectivity index (χ0) is 13.9. The predicted octanol–water partition coefficient (Wildman–Crippen LogP) is 2.14. The third-order valence-electron chi connectivity index (χ3n) is 3.74. The molecule has 3 rings (SSSR count). The van der Waals surface area contributed by atoms with Gasteiger partial charge in [0.05, 0.1) is 5.69 Å². The third kappa shape index (κ3) is 2.57. The van der Waals surface area contributed by atoms with Gasteiger partial charge in [-0.15, -0.1) is 0 Å². The van der Waals surface area contributed by atoms with Crippen molar-refractivity contribution >= 4 is 5.91 Å². The molecule has 1 amide bonds. The monoisotopic (exact) mass is 270 g/mol. The molecule has 2 aromatic rings. The van der Waals surface area contributed by atoms with Gasteiger partial charge in [-0.05, 0) is 43.0 Å². The highest BCUT2D eigenvalue weighted by atomic mass is 16.2. The fraction of sp³-hybridized carbons (Fsp3) is 0.400. The lowest BCUT2D eigenvalue weighted by Crippen LogP contribution is -2.39. The van der Waals surface area contributed by atoms with E-state index in [0.717, 1.165) is 30.8 Å². The molecule has 1 aromatic carbocycles. The van der Waals surface area contributed by atoms with Gasteiger partial charge in [0.1, 0.15) is 12.7 Å². The van der Waals surface area contributed by atoms with Crippen molar-refractivity contribution in [3.05, 3.63) is 42.5 Å². The van der Waals surface area contributed by atoms with Crippen molar-refractivity contribution in [1.82, 2.24) is 19.7 Å². The number of likely N-dealkylation sites (tertiary alicyclic amines) is 1. The van der Waals surface area contributed by atoms with Gasteiger partial charge in [0.15, 0.2) is 0 Å². The van der Waals surface area contributed by atoms with Crippen LogP contribution < -0.4 is 0 Å². The van der Waals surface area contributed by atoms with Crippen LogP contribution in [0, 0.1) is 5.92 Å². The summed E-state index contributed by atoms with van der Waals surface area (Å²) in [7, 11) is 0. The third-order valence-corrected chi connectivity index (χ3v) is 3.74. The van der Waals surface area contributed by atoms with Crippen LogP contribution in [0.2, 0.25) is 0 Å². The van der Waals surface area contributed by atoms with E-state index in [1.807, 2.05) is 29.2 Å². The fourth-order valence-electron chi connectivity index (χ4n) is 2.65. The molecule has 1 aromatic heterocycles. The van der Waals surface area contributed by atoms with Crippen LogP contribution in [-0.4, -0.2) is 38.7 Å². The lowest BCUT2D eigenvalue weighted by Gasteiger charge is -2.31. The van der Waals surface area contributed by atoms with Gasteiger partial charge in [-0.3, -0.25) is 4.79 Å². The number of hydrogen-bond donors (Lipinski definition) is 0. The van der Waals surface area contributed by atoms with Gasteiger partial charge in [-0.2, -0.15) is 5.10 Å². The average Bonchev–Trinajstić information content (AvgIpc) is 3.01. The highest BCUT2D eigenvalue weighted by molar-refractivity contribution is 5.94. The highest BCUT2D eigenvalue weighted by Crippen LogP contribution is 2.18. The standard InChI is InChI=1S/C15H18N4O/c1-12-3-2-8-18(9-12)15(20)13-4-6-14(7-5-13)19-11-16-10-17-19/h4-7,10-12H,2-3,8-9H2,1H3. The number of amides is 1. The largest absolute Gasteiger partial charge is 0.338 e. The van der Waals surface area contributed by atoms with Crippen LogP contribution in [0.25, 0.3) is 5.69 Å². The van der Waals surface area contributed by atoms with Crippen molar-refractivity contribution in [2.75, 3.05) is 13.1 Å². The second-order valence-electron chi connectivity index (χ2n) is 5.39. The van der Waals surface area contributed by atoms with Crippen LogP contribution in [-0.2, 0) is 0 Å². The molecule has 0 N–H and O–H groups in total. The summed E-state index contributed by atoms with van der Waals surface area (Å²) in [6, 6.07) is 7.52. The first-order valence-corrected chi connectivity index (χ1v) is 6.98. The Labute approximate surface area is 118 Å². The maximum absolute atomic E-state index is 12.4. The first-order chi connectivity index (χ1) is 9.74. The van der Waals surface area contributed by atoms with Crippen LogP contribution in [0.5, 0.6) is 0 Å². The molecule has 2 heterocycles. The van der Waals surface area contributed by atoms with Gasteiger partial charge in [0, 0.05) is 18.7 Å². The first-order valence-electron chi connectivity index (χ1n) is 6.98. The van der Waals surface area contributed by atoms with E-state index in [0.29, 0.717) is 5.92 Å². The Balaban J connectivity index is 1.75. The minimum absolute atomic E-state index is 0.127. The molecule has 0 radical (unpaired) electrons. The second kappa shape index (κ2) is 5.45. The number of carbonyl (C=O) groups is 1. The van der Waals surface area contributed by atoms with E-state index in [1.165, 1.54) is 12.7 Å². The molecule has 1 saturated heterocycles. The highest BCUT2D eigenvalue weighted by Gasteiger charge is 2.21. The molecule has 1 aliphatic rings. The summed E-state index contributed by atoms with van der Waals surface area (Å²) in [6.45, 7) is 3.94. The maximum atomic E-state index is 12.4.